The Morgan fingerprint density at radius 1 is 1.35 bits per heavy atom. The van der Waals surface area contributed by atoms with E-state index in [2.05, 4.69) is 15.7 Å². The number of imide groups is 1. The number of thioether (sulfide) groups is 1. The Morgan fingerprint density at radius 2 is 2.08 bits per heavy atom. The number of fused-ring (bicyclic) bond motifs is 1. The summed E-state index contributed by atoms with van der Waals surface area (Å²) in [5, 5.41) is 5.13. The maximum atomic E-state index is 12.3. The predicted octanol–water partition coefficient (Wildman–Crippen LogP) is 2.39. The van der Waals surface area contributed by atoms with Crippen LogP contribution < -0.4 is 10.7 Å². The second-order valence-corrected chi connectivity index (χ2v) is 7.37. The molecule has 1 aliphatic heterocycles. The van der Waals surface area contributed by atoms with Gasteiger partial charge in [-0.3, -0.25) is 15.0 Å². The van der Waals surface area contributed by atoms with E-state index < -0.39 is 23.4 Å². The monoisotopic (exact) mass is 372 g/mol. The van der Waals surface area contributed by atoms with Crippen molar-refractivity contribution in [3.63, 3.8) is 0 Å². The molecule has 0 bridgehead atoms. The number of amides is 4. The van der Waals surface area contributed by atoms with Gasteiger partial charge in [-0.05, 0) is 38.0 Å². The SMILES string of the molecule is CC[C@]1(C)NC(=O)N(NC(=O)CSc2cc(C)c3ccccc3n2)C1=O. The number of hydrazine groups is 1. The molecular weight excluding hydrogens is 352 g/mol. The third-order valence-electron chi connectivity index (χ3n) is 4.46. The Labute approximate surface area is 155 Å². The van der Waals surface area contributed by atoms with Crippen LogP contribution in [-0.4, -0.2) is 39.1 Å². The van der Waals surface area contributed by atoms with Gasteiger partial charge < -0.3 is 5.32 Å². The number of carbonyl (C=O) groups excluding carboxylic acids is 3. The number of para-hydroxylation sites is 1. The molecule has 1 saturated heterocycles. The lowest BCUT2D eigenvalue weighted by atomic mass is 10.00. The van der Waals surface area contributed by atoms with E-state index in [1.807, 2.05) is 37.3 Å². The summed E-state index contributed by atoms with van der Waals surface area (Å²) in [6, 6.07) is 9.10. The molecule has 2 aromatic rings. The second-order valence-electron chi connectivity index (χ2n) is 6.37. The number of benzene rings is 1. The topological polar surface area (TPSA) is 91.4 Å². The molecule has 8 heteroatoms. The predicted molar refractivity (Wildman–Crippen MR) is 99.4 cm³/mol. The maximum Gasteiger partial charge on any atom is 0.344 e. The largest absolute Gasteiger partial charge is 0.344 e. The summed E-state index contributed by atoms with van der Waals surface area (Å²) in [6.45, 7) is 5.43. The van der Waals surface area contributed by atoms with Gasteiger partial charge in [-0.1, -0.05) is 36.9 Å². The standard InChI is InChI=1S/C18H20N4O3S/c1-4-18(3)16(24)22(17(25)20-18)21-14(23)10-26-15-9-11(2)12-7-5-6-8-13(12)19-15/h5-9H,4,10H2,1-3H3,(H,20,25)(H,21,23)/t18-/m0/s1. The van der Waals surface area contributed by atoms with E-state index >= 15 is 0 Å². The van der Waals surface area contributed by atoms with Gasteiger partial charge in [-0.2, -0.15) is 5.01 Å². The van der Waals surface area contributed by atoms with Crippen molar-refractivity contribution in [2.45, 2.75) is 37.8 Å². The highest BCUT2D eigenvalue weighted by molar-refractivity contribution is 7.99. The first-order valence-electron chi connectivity index (χ1n) is 8.29. The number of urea groups is 1. The average molecular weight is 372 g/mol. The van der Waals surface area contributed by atoms with Crippen molar-refractivity contribution in [2.24, 2.45) is 0 Å². The zero-order valence-electron chi connectivity index (χ0n) is 14.8. The summed E-state index contributed by atoms with van der Waals surface area (Å²) in [6.07, 6.45) is 0.443. The average Bonchev–Trinajstić information content (AvgIpc) is 2.84. The lowest BCUT2D eigenvalue weighted by Gasteiger charge is -2.19. The van der Waals surface area contributed by atoms with Crippen LogP contribution in [0.15, 0.2) is 35.4 Å². The van der Waals surface area contributed by atoms with Crippen molar-refractivity contribution in [3.8, 4) is 0 Å². The Morgan fingerprint density at radius 3 is 2.77 bits per heavy atom. The van der Waals surface area contributed by atoms with Crippen molar-refractivity contribution < 1.29 is 14.4 Å². The van der Waals surface area contributed by atoms with Gasteiger partial charge in [0.1, 0.15) is 5.54 Å². The number of nitrogens with zero attached hydrogens (tertiary/aromatic N) is 2. The first kappa shape index (κ1) is 18.2. The van der Waals surface area contributed by atoms with Crippen molar-refractivity contribution in [3.05, 3.63) is 35.9 Å². The van der Waals surface area contributed by atoms with Crippen LogP contribution in [0.4, 0.5) is 4.79 Å². The molecule has 26 heavy (non-hydrogen) atoms. The smallest absolute Gasteiger partial charge is 0.322 e. The van der Waals surface area contributed by atoms with Gasteiger partial charge >= 0.3 is 6.03 Å². The molecule has 3 rings (SSSR count). The zero-order chi connectivity index (χ0) is 18.9. The van der Waals surface area contributed by atoms with E-state index in [-0.39, 0.29) is 5.75 Å². The molecule has 7 nitrogen and oxygen atoms in total. The van der Waals surface area contributed by atoms with Crippen molar-refractivity contribution in [1.82, 2.24) is 20.7 Å². The van der Waals surface area contributed by atoms with E-state index in [1.54, 1.807) is 13.8 Å². The Balaban J connectivity index is 1.65. The number of nitrogens with one attached hydrogen (secondary N) is 2. The van der Waals surface area contributed by atoms with Crippen LogP contribution in [0.1, 0.15) is 25.8 Å². The molecule has 1 aromatic carbocycles. The van der Waals surface area contributed by atoms with Crippen LogP contribution in [0.2, 0.25) is 0 Å². The normalized spacial score (nSPS) is 19.7. The Bertz CT molecular complexity index is 901. The molecule has 0 aliphatic carbocycles. The minimum atomic E-state index is -0.978. The summed E-state index contributed by atoms with van der Waals surface area (Å²) < 4.78 is 0. The van der Waals surface area contributed by atoms with Crippen LogP contribution in [-0.2, 0) is 9.59 Å². The molecular formula is C18H20N4O3S. The molecule has 0 unspecified atom stereocenters. The Kier molecular flexibility index (Phi) is 4.86. The molecule has 0 saturated carbocycles. The number of pyridine rings is 1. The summed E-state index contributed by atoms with van der Waals surface area (Å²) >= 11 is 1.26. The van der Waals surface area contributed by atoms with Gasteiger partial charge in [0.2, 0.25) is 5.91 Å². The third kappa shape index (κ3) is 3.37. The molecule has 2 heterocycles. The first-order chi connectivity index (χ1) is 12.3. The fraction of sp³-hybridized carbons (Fsp3) is 0.333. The van der Waals surface area contributed by atoms with Crippen molar-refractivity contribution >= 4 is 40.5 Å². The van der Waals surface area contributed by atoms with E-state index in [1.165, 1.54) is 11.8 Å². The minimum absolute atomic E-state index is 0.0463. The van der Waals surface area contributed by atoms with Crippen molar-refractivity contribution in [1.29, 1.82) is 0 Å². The molecule has 1 aromatic heterocycles. The summed E-state index contributed by atoms with van der Waals surface area (Å²) in [5.41, 5.74) is 3.34. The van der Waals surface area contributed by atoms with Gasteiger partial charge in [0, 0.05) is 5.39 Å². The number of hydrogen-bond donors (Lipinski definition) is 2. The molecule has 1 fully saturated rings. The minimum Gasteiger partial charge on any atom is -0.322 e. The van der Waals surface area contributed by atoms with E-state index in [9.17, 15) is 14.4 Å². The molecule has 0 radical (unpaired) electrons. The quantitative estimate of drug-likeness (QED) is 0.621. The number of aryl methyl sites for hydroxylation is 1. The molecule has 4 amide bonds. The maximum absolute atomic E-state index is 12.3. The van der Waals surface area contributed by atoms with Gasteiger partial charge in [-0.15, -0.1) is 0 Å². The highest BCUT2D eigenvalue weighted by Gasteiger charge is 2.47. The molecule has 1 aliphatic rings. The molecule has 136 valence electrons. The lowest BCUT2D eigenvalue weighted by Crippen LogP contribution is -2.49. The van der Waals surface area contributed by atoms with E-state index in [4.69, 9.17) is 0 Å². The first-order valence-corrected chi connectivity index (χ1v) is 9.28. The number of aromatic nitrogens is 1. The van der Waals surface area contributed by atoms with E-state index in [0.29, 0.717) is 11.4 Å². The lowest BCUT2D eigenvalue weighted by molar-refractivity contribution is -0.137. The molecule has 2 N–H and O–H groups in total. The van der Waals surface area contributed by atoms with Gasteiger partial charge in [0.15, 0.2) is 0 Å². The molecule has 1 atom stereocenters. The van der Waals surface area contributed by atoms with Crippen LogP contribution in [0.5, 0.6) is 0 Å². The summed E-state index contributed by atoms with van der Waals surface area (Å²) in [4.78, 5) is 40.9. The fourth-order valence-corrected chi connectivity index (χ4v) is 3.48. The molecule has 0 spiro atoms. The van der Waals surface area contributed by atoms with Gasteiger partial charge in [0.25, 0.3) is 5.91 Å². The second kappa shape index (κ2) is 6.95. The highest BCUT2D eigenvalue weighted by Crippen LogP contribution is 2.24. The van der Waals surface area contributed by atoms with Gasteiger partial charge in [0.05, 0.1) is 16.3 Å². The number of carbonyl (C=O) groups is 3. The number of hydrogen-bond acceptors (Lipinski definition) is 5. The van der Waals surface area contributed by atoms with Crippen LogP contribution in [0.3, 0.4) is 0 Å². The van der Waals surface area contributed by atoms with Crippen LogP contribution in [0.25, 0.3) is 10.9 Å². The van der Waals surface area contributed by atoms with E-state index in [0.717, 1.165) is 21.5 Å². The summed E-state index contributed by atoms with van der Waals surface area (Å²) in [7, 11) is 0. The van der Waals surface area contributed by atoms with Gasteiger partial charge in [-0.25, -0.2) is 9.78 Å². The fourth-order valence-electron chi connectivity index (χ4n) is 2.71. The van der Waals surface area contributed by atoms with Crippen molar-refractivity contribution in [2.75, 3.05) is 5.75 Å². The third-order valence-corrected chi connectivity index (χ3v) is 5.37. The Hall–Kier alpha value is -2.61. The zero-order valence-corrected chi connectivity index (χ0v) is 15.6. The number of rotatable bonds is 5. The van der Waals surface area contributed by atoms with Crippen LogP contribution in [0, 0.1) is 6.92 Å². The van der Waals surface area contributed by atoms with Crippen LogP contribution >= 0.6 is 11.8 Å². The summed E-state index contributed by atoms with van der Waals surface area (Å²) in [5.74, 6) is -0.848. The highest BCUT2D eigenvalue weighted by atomic mass is 32.2.